The van der Waals surface area contributed by atoms with Crippen LogP contribution >= 0.6 is 23.2 Å². The minimum atomic E-state index is -1.06. The summed E-state index contributed by atoms with van der Waals surface area (Å²) in [6.07, 6.45) is 22.3. The summed E-state index contributed by atoms with van der Waals surface area (Å²) in [5.74, 6) is -0.278. The first-order chi connectivity index (χ1) is 55.6. The maximum Gasteiger partial charge on any atom is 1.00 e. The fraction of sp³-hybridized carbons (Fsp3) is 0.589. The topological polar surface area (TPSA) is 626 Å². The SMILES string of the molecule is CCCN=C=O.CCCNC(=O)NC1CC1.CCCn1c(=O)cc(N)n(C2CC2)c1=O.CCCn1c(N)c(N)c(=O)n(C2CC2)c1=O.CCCn1c(N)c(N=O)c(=O)n(C2CC2)c1=O.CCCn1c(N)cc(=O)n(C2CC2)c1=O.CCCn1c(N)cc(=O)n(C2CC2)c1=O.NC1CC1.O=C(Cl)c1ccc(Cl)nc1.O=N[O-].[C-]#[N+]CC(=O)O.[HH].[Na+]. The van der Waals surface area contributed by atoms with E-state index in [1.807, 2.05) is 48.5 Å². The molecule has 7 fully saturated rings. The number of carbonyl (C=O) groups excluding carboxylic acids is 3. The number of halogens is 2. The van der Waals surface area contributed by atoms with E-state index in [2.05, 4.69) is 30.6 Å². The standard InChI is InChI=1S/C10H14N4O3.C10H16N4O2.3C10H15N3O2.C7H14N2O.C6H3Cl2NO.C4H7NO.C3H3NO2.C3H7N.HNO2.Na.H2/c1-2-5-13-8(11)7(12-17)9(15)14(10(13)16)6-3-4-6;1-2-5-13-8(12)7(11)9(15)14(10(13)16)6-3-4-6;1-2-5-12-9(14)6-8(11)13(10(12)15)7-3-4-7;2*1-2-5-12-8(11)6-9(14)13(10(12)15)7-3-4-7;1-2-5-8-7(10)9-6-3-4-6;7-5-2-1-4(3-9-5)6(8)10;1-2-3-5-4-6;1-4-2-3(5)6;4-3-1-2-3;2-1-3;;/h6H,2-5,11H2,1H3;6H,2-5,11-12H2,1H3;3*6-7H,2-5,11H2,1H3;6H,2-5H2,1H3,(H2,8,9,10);1-3H;2-3H2,1H3;2H2,(H,5,6);3H,1-2,4H2;(H,2,3);;1H/q;;;;;;;;;;;+1;/p-1. The number of nitrogens with one attached hydrogen (secondary N) is 2. The van der Waals surface area contributed by atoms with E-state index in [4.69, 9.17) is 85.1 Å². The van der Waals surface area contributed by atoms with Crippen LogP contribution in [-0.2, 0) is 42.3 Å². The molecule has 7 saturated carbocycles. The summed E-state index contributed by atoms with van der Waals surface area (Å²) in [5.41, 5.74) is 35.6. The van der Waals surface area contributed by atoms with Crippen molar-refractivity contribution >= 4 is 87.0 Å². The van der Waals surface area contributed by atoms with Gasteiger partial charge in [-0.3, -0.25) is 74.4 Å². The summed E-state index contributed by atoms with van der Waals surface area (Å²) in [4.78, 5) is 186. The number of aliphatic imine (C=N–C) groups is 1. The smallest absolute Gasteiger partial charge is 0.476 e. The van der Waals surface area contributed by atoms with Gasteiger partial charge in [-0.1, -0.05) is 60.1 Å². The Labute approximate surface area is 710 Å². The molecule has 118 heavy (non-hydrogen) atoms. The number of rotatable bonds is 23. The zero-order chi connectivity index (χ0) is 87.9. The van der Waals surface area contributed by atoms with Gasteiger partial charge in [-0.15, -0.1) is 10.2 Å². The van der Waals surface area contributed by atoms with E-state index < -0.39 is 34.6 Å². The van der Waals surface area contributed by atoms with Gasteiger partial charge in [0.1, 0.15) is 39.9 Å². The third-order valence-corrected chi connectivity index (χ3v) is 17.6. The normalized spacial score (nSPS) is 14.0. The summed E-state index contributed by atoms with van der Waals surface area (Å²) >= 11 is 10.6. The number of nitrogens with zero attached hydrogens (tertiary/aromatic N) is 15. The van der Waals surface area contributed by atoms with Crippen molar-refractivity contribution in [3.05, 3.63) is 178 Å². The van der Waals surface area contributed by atoms with E-state index in [0.717, 1.165) is 132 Å². The fourth-order valence-corrected chi connectivity index (χ4v) is 10.6. The summed E-state index contributed by atoms with van der Waals surface area (Å²) in [6, 6.07) is 8.44. The first kappa shape index (κ1) is 103. The van der Waals surface area contributed by atoms with Crippen molar-refractivity contribution in [2.24, 2.45) is 21.2 Å². The molecule has 13 rings (SSSR count). The summed E-state index contributed by atoms with van der Waals surface area (Å²) in [6.45, 7) is 23.1. The number of nitrogen functional groups attached to an aromatic ring is 6. The van der Waals surface area contributed by atoms with Gasteiger partial charge < -0.3 is 70.8 Å². The quantitative estimate of drug-likeness (QED) is 0.00644. The molecule has 0 bridgehead atoms. The molecule has 6 heterocycles. The Morgan fingerprint density at radius 2 is 0.949 bits per heavy atom. The van der Waals surface area contributed by atoms with Crippen LogP contribution in [-0.4, -0.2) is 111 Å². The molecule has 646 valence electrons. The van der Waals surface area contributed by atoms with Crippen LogP contribution in [0, 0.1) is 21.6 Å². The predicted molar refractivity (Wildman–Crippen MR) is 450 cm³/mol. The van der Waals surface area contributed by atoms with Crippen molar-refractivity contribution in [2.45, 2.75) is 258 Å². The van der Waals surface area contributed by atoms with Crippen molar-refractivity contribution in [1.29, 1.82) is 0 Å². The minimum Gasteiger partial charge on any atom is -0.476 e. The van der Waals surface area contributed by atoms with Crippen LogP contribution in [0.15, 0.2) is 100.0 Å². The number of carboxylic acid groups (broad SMARTS) is 1. The van der Waals surface area contributed by atoms with E-state index >= 15 is 0 Å². The van der Waals surface area contributed by atoms with Crippen molar-refractivity contribution in [2.75, 3.05) is 54.0 Å². The Morgan fingerprint density at radius 1 is 0.568 bits per heavy atom. The molecule has 0 atom stereocenters. The Kier molecular flexibility index (Phi) is 46.2. The maximum absolute atomic E-state index is 12.1. The van der Waals surface area contributed by atoms with Gasteiger partial charge in [0.15, 0.2) is 0 Å². The predicted octanol–water partition coefficient (Wildman–Crippen LogP) is 2.97. The molecule has 42 nitrogen and oxygen atoms in total. The average molecular weight is 1710 g/mol. The van der Waals surface area contributed by atoms with Gasteiger partial charge in [0.05, 0.1) is 12.1 Å². The molecule has 0 saturated heterocycles. The second kappa shape index (κ2) is 52.8. The van der Waals surface area contributed by atoms with Crippen LogP contribution in [0.1, 0.15) is 225 Å². The number of anilines is 6. The van der Waals surface area contributed by atoms with E-state index in [1.165, 1.54) is 96.6 Å². The molecule has 0 aromatic carbocycles. The van der Waals surface area contributed by atoms with Crippen LogP contribution in [0.25, 0.3) is 4.85 Å². The number of aliphatic carboxylic acids is 1. The monoisotopic (exact) mass is 1700 g/mol. The second-order valence-corrected chi connectivity index (χ2v) is 28.3. The number of isocyanates is 1. The molecular formula is C73H111Cl2N24NaO18. The Bertz CT molecular complexity index is 4960. The number of hydrogen-bond donors (Lipinski definition) is 10. The average Bonchev–Trinajstić information content (AvgIpc) is 1.56. The number of carboxylic acids is 1. The number of pyridine rings is 1. The summed E-state index contributed by atoms with van der Waals surface area (Å²) < 4.78 is 13.4. The first-order valence-corrected chi connectivity index (χ1v) is 39.3. The second-order valence-electron chi connectivity index (χ2n) is 27.5. The Morgan fingerprint density at radius 3 is 1.28 bits per heavy atom. The molecule has 6 aromatic rings. The summed E-state index contributed by atoms with van der Waals surface area (Å²) in [7, 11) is 0. The molecule has 0 aliphatic heterocycles. The molecule has 6 aromatic heterocycles. The van der Waals surface area contributed by atoms with Crippen LogP contribution < -0.4 is 137 Å². The van der Waals surface area contributed by atoms with Gasteiger partial charge in [0.25, 0.3) is 33.0 Å². The van der Waals surface area contributed by atoms with E-state index in [9.17, 15) is 72.0 Å². The zero-order valence-corrected chi connectivity index (χ0v) is 71.4. The molecule has 45 heteroatoms. The number of aromatic nitrogens is 11. The molecule has 0 radical (unpaired) electrons. The molecule has 7 aliphatic rings. The Hall–Kier alpha value is -10.8. The number of urea groups is 1. The molecule has 0 spiro atoms. The maximum atomic E-state index is 12.1. The van der Waals surface area contributed by atoms with Crippen molar-refractivity contribution in [1.82, 2.24) is 61.3 Å². The fourth-order valence-electron chi connectivity index (χ4n) is 10.4. The number of hydrogen-bond acceptors (Lipinski definition) is 28. The number of amides is 2. The minimum absolute atomic E-state index is 0. The van der Waals surface area contributed by atoms with Gasteiger partial charge in [-0.25, -0.2) is 54.9 Å². The zero-order valence-electron chi connectivity index (χ0n) is 67.9. The molecular weight excluding hydrogens is 1590 g/mol. The first-order valence-electron chi connectivity index (χ1n) is 38.5. The third-order valence-electron chi connectivity index (χ3n) is 17.1. The van der Waals surface area contributed by atoms with Gasteiger partial charge >= 0.3 is 76.6 Å². The molecule has 17 N–H and O–H groups in total. The van der Waals surface area contributed by atoms with Crippen molar-refractivity contribution < 1.29 is 55.3 Å². The Balaban J connectivity index is 0.000000671. The number of carbonyl (C=O) groups is 3. The van der Waals surface area contributed by atoms with Gasteiger partial charge in [0, 0.05) is 107 Å². The molecule has 0 unspecified atom stereocenters. The molecule has 2 amide bonds. The van der Waals surface area contributed by atoms with E-state index in [0.29, 0.717) is 74.3 Å². The van der Waals surface area contributed by atoms with Crippen LogP contribution in [0.2, 0.25) is 5.15 Å². The van der Waals surface area contributed by atoms with Crippen LogP contribution in [0.4, 0.5) is 45.3 Å². The van der Waals surface area contributed by atoms with E-state index in [1.54, 1.807) is 0 Å². The van der Waals surface area contributed by atoms with Crippen molar-refractivity contribution in [3.8, 4) is 0 Å². The van der Waals surface area contributed by atoms with Gasteiger partial charge in [-0.05, 0) is 164 Å². The number of nitrogens with two attached hydrogens (primary N) is 7. The number of nitroso groups, excluding NO2 is 1. The van der Waals surface area contributed by atoms with Gasteiger partial charge in [-0.2, -0.15) is 0 Å². The van der Waals surface area contributed by atoms with Crippen molar-refractivity contribution in [3.63, 3.8) is 0 Å². The van der Waals surface area contributed by atoms with Crippen LogP contribution in [0.5, 0.6) is 0 Å². The van der Waals surface area contributed by atoms with Gasteiger partial charge in [0.2, 0.25) is 11.8 Å². The third kappa shape index (κ3) is 34.0. The largest absolute Gasteiger partial charge is 1.00 e. The van der Waals surface area contributed by atoms with Crippen LogP contribution in [0.3, 0.4) is 0 Å². The molecule has 7 aliphatic carbocycles. The van der Waals surface area contributed by atoms with E-state index in [-0.39, 0.29) is 141 Å². The summed E-state index contributed by atoms with van der Waals surface area (Å²) in [5, 5.41) is 24.8.